The average molecular weight is 448 g/mol. The molecule has 7 heteroatoms. The van der Waals surface area contributed by atoms with Gasteiger partial charge in [-0.2, -0.15) is 0 Å². The first-order valence-electron chi connectivity index (χ1n) is 11.8. The summed E-state index contributed by atoms with van der Waals surface area (Å²) in [6, 6.07) is 11.5. The lowest BCUT2D eigenvalue weighted by atomic mass is 9.94. The molecular formula is C26H33N5O2. The molecule has 1 aromatic carbocycles. The van der Waals surface area contributed by atoms with Gasteiger partial charge in [0.1, 0.15) is 17.3 Å². The number of pyridine rings is 1. The lowest BCUT2D eigenvalue weighted by molar-refractivity contribution is -0.119. The van der Waals surface area contributed by atoms with Crippen LogP contribution < -0.4 is 15.4 Å². The summed E-state index contributed by atoms with van der Waals surface area (Å²) in [5.41, 5.74) is 2.82. The molecule has 174 valence electrons. The third-order valence-electron chi connectivity index (χ3n) is 6.10. The lowest BCUT2D eigenvalue weighted by Crippen LogP contribution is -2.27. The average Bonchev–Trinajstić information content (AvgIpc) is 3.27. The molecule has 1 aliphatic heterocycles. The van der Waals surface area contributed by atoms with Crippen LogP contribution in [0.1, 0.15) is 49.8 Å². The van der Waals surface area contributed by atoms with Crippen LogP contribution in [0.15, 0.2) is 48.8 Å². The number of hydrogen-bond acceptors (Lipinski definition) is 5. The van der Waals surface area contributed by atoms with Gasteiger partial charge >= 0.3 is 0 Å². The maximum Gasteiger partial charge on any atom is 0.229 e. The monoisotopic (exact) mass is 447 g/mol. The number of aromatic nitrogens is 3. The zero-order valence-corrected chi connectivity index (χ0v) is 19.7. The summed E-state index contributed by atoms with van der Waals surface area (Å²) < 4.78 is 8.15. The van der Waals surface area contributed by atoms with Crippen molar-refractivity contribution < 1.29 is 9.53 Å². The van der Waals surface area contributed by atoms with E-state index in [0.717, 1.165) is 66.8 Å². The number of carbonyl (C=O) groups excluding carboxylic acids is 1. The van der Waals surface area contributed by atoms with Crippen LogP contribution in [0.2, 0.25) is 0 Å². The molecule has 1 saturated heterocycles. The molecule has 1 atom stereocenters. The van der Waals surface area contributed by atoms with Crippen LogP contribution in [0, 0.1) is 12.8 Å². The van der Waals surface area contributed by atoms with Gasteiger partial charge < -0.3 is 19.9 Å². The largest absolute Gasteiger partial charge is 0.457 e. The van der Waals surface area contributed by atoms with Gasteiger partial charge in [0.05, 0.1) is 5.92 Å². The Morgan fingerprint density at radius 3 is 2.70 bits per heavy atom. The molecular weight excluding hydrogens is 414 g/mol. The quantitative estimate of drug-likeness (QED) is 0.524. The zero-order chi connectivity index (χ0) is 23.2. The van der Waals surface area contributed by atoms with Gasteiger partial charge in [0, 0.05) is 60.5 Å². The number of benzene rings is 1. The Bertz CT molecular complexity index is 1070. The van der Waals surface area contributed by atoms with Crippen LogP contribution in [0.3, 0.4) is 0 Å². The molecule has 0 spiro atoms. The van der Waals surface area contributed by atoms with Crippen molar-refractivity contribution in [2.75, 3.05) is 18.4 Å². The second-order valence-corrected chi connectivity index (χ2v) is 8.76. The second kappa shape index (κ2) is 10.6. The topological polar surface area (TPSA) is 81.1 Å². The highest BCUT2D eigenvalue weighted by Crippen LogP contribution is 2.30. The molecule has 3 aromatic rings. The van der Waals surface area contributed by atoms with Crippen molar-refractivity contribution in [3.8, 4) is 11.5 Å². The van der Waals surface area contributed by atoms with Crippen molar-refractivity contribution in [3.63, 3.8) is 0 Å². The summed E-state index contributed by atoms with van der Waals surface area (Å²) in [4.78, 5) is 21.7. The van der Waals surface area contributed by atoms with Crippen LogP contribution in [-0.2, 0) is 17.8 Å². The minimum absolute atomic E-state index is 0.0178. The van der Waals surface area contributed by atoms with Crippen LogP contribution in [-0.4, -0.2) is 33.5 Å². The minimum Gasteiger partial charge on any atom is -0.457 e. The van der Waals surface area contributed by atoms with Crippen molar-refractivity contribution >= 4 is 11.6 Å². The van der Waals surface area contributed by atoms with E-state index >= 15 is 0 Å². The van der Waals surface area contributed by atoms with Crippen LogP contribution in [0.5, 0.6) is 11.5 Å². The molecule has 0 bridgehead atoms. The van der Waals surface area contributed by atoms with Gasteiger partial charge in [0.2, 0.25) is 5.91 Å². The molecule has 4 rings (SSSR count). The number of imidazole rings is 1. The van der Waals surface area contributed by atoms with Gasteiger partial charge in [-0.15, -0.1) is 0 Å². The first-order chi connectivity index (χ1) is 16.0. The lowest BCUT2D eigenvalue weighted by Gasteiger charge is -2.22. The maximum atomic E-state index is 12.7. The molecule has 0 unspecified atom stereocenters. The summed E-state index contributed by atoms with van der Waals surface area (Å²) in [6.07, 6.45) is 6.75. The van der Waals surface area contributed by atoms with Crippen molar-refractivity contribution in [1.29, 1.82) is 0 Å². The van der Waals surface area contributed by atoms with E-state index in [2.05, 4.69) is 28.6 Å². The molecule has 1 fully saturated rings. The predicted octanol–water partition coefficient (Wildman–Crippen LogP) is 4.68. The van der Waals surface area contributed by atoms with Crippen molar-refractivity contribution in [1.82, 2.24) is 19.9 Å². The molecule has 2 N–H and O–H groups in total. The fraction of sp³-hybridized carbons (Fsp3) is 0.423. The van der Waals surface area contributed by atoms with Gasteiger partial charge in [0.15, 0.2) is 0 Å². The molecule has 7 nitrogen and oxygen atoms in total. The fourth-order valence-electron chi connectivity index (χ4n) is 4.25. The molecule has 0 saturated carbocycles. The summed E-state index contributed by atoms with van der Waals surface area (Å²) in [7, 11) is 0. The summed E-state index contributed by atoms with van der Waals surface area (Å²) in [5.74, 6) is 2.81. The molecule has 2 aromatic heterocycles. The second-order valence-electron chi connectivity index (χ2n) is 8.76. The van der Waals surface area contributed by atoms with E-state index < -0.39 is 0 Å². The van der Waals surface area contributed by atoms with Crippen LogP contribution in [0.25, 0.3) is 0 Å². The highest BCUT2D eigenvalue weighted by molar-refractivity contribution is 5.92. The number of nitrogens with one attached hydrogen (secondary N) is 2. The summed E-state index contributed by atoms with van der Waals surface area (Å²) in [6.45, 7) is 8.67. The number of ether oxygens (including phenoxy) is 1. The number of piperidine rings is 1. The molecule has 3 heterocycles. The first-order valence-corrected chi connectivity index (χ1v) is 11.8. The van der Waals surface area contributed by atoms with E-state index in [-0.39, 0.29) is 11.8 Å². The fourth-order valence-corrected chi connectivity index (χ4v) is 4.25. The van der Waals surface area contributed by atoms with E-state index in [9.17, 15) is 4.79 Å². The van der Waals surface area contributed by atoms with Crippen molar-refractivity contribution in [2.45, 2.75) is 52.5 Å². The molecule has 1 aliphatic rings. The highest BCUT2D eigenvalue weighted by atomic mass is 16.5. The Hall–Kier alpha value is -3.19. The van der Waals surface area contributed by atoms with E-state index in [0.29, 0.717) is 12.5 Å². The molecule has 0 radical (unpaired) electrons. The first kappa shape index (κ1) is 23.0. The number of anilines is 1. The van der Waals surface area contributed by atoms with E-state index in [4.69, 9.17) is 9.72 Å². The Labute approximate surface area is 195 Å². The molecule has 33 heavy (non-hydrogen) atoms. The standard InChI is InChI=1S/C26H33N5O2/c1-4-25-28-13-14-31(25)17-18(2)26(32)30-21-5-7-22(8-6-21)33-23-15-19(3)29-24(16-23)20-9-11-27-12-10-20/h5-8,13-16,18,20,27H,4,9-12,17H2,1-3H3,(H,30,32)/t18-/m0/s1. The Morgan fingerprint density at radius 2 is 1.97 bits per heavy atom. The zero-order valence-electron chi connectivity index (χ0n) is 19.7. The number of hydrogen-bond donors (Lipinski definition) is 2. The van der Waals surface area contributed by atoms with E-state index in [1.54, 1.807) is 6.20 Å². The maximum absolute atomic E-state index is 12.7. The van der Waals surface area contributed by atoms with Crippen LogP contribution in [0.4, 0.5) is 5.69 Å². The SMILES string of the molecule is CCc1nccn1C[C@H](C)C(=O)Nc1ccc(Oc2cc(C)nc(C3CCNCC3)c2)cc1. The van der Waals surface area contributed by atoms with Crippen LogP contribution >= 0.6 is 0 Å². The Balaban J connectivity index is 1.36. The van der Waals surface area contributed by atoms with Gasteiger partial charge in [-0.25, -0.2) is 4.98 Å². The number of carbonyl (C=O) groups is 1. The smallest absolute Gasteiger partial charge is 0.229 e. The number of rotatable bonds is 8. The molecule has 1 amide bonds. The van der Waals surface area contributed by atoms with Crippen molar-refractivity contribution in [3.05, 3.63) is 66.0 Å². The van der Waals surface area contributed by atoms with Gasteiger partial charge in [-0.05, 0) is 57.1 Å². The van der Waals surface area contributed by atoms with Gasteiger partial charge in [0.25, 0.3) is 0 Å². The Morgan fingerprint density at radius 1 is 1.21 bits per heavy atom. The van der Waals surface area contributed by atoms with Gasteiger partial charge in [-0.3, -0.25) is 9.78 Å². The van der Waals surface area contributed by atoms with Crippen molar-refractivity contribution in [2.24, 2.45) is 5.92 Å². The third-order valence-corrected chi connectivity index (χ3v) is 6.10. The predicted molar refractivity (Wildman–Crippen MR) is 130 cm³/mol. The minimum atomic E-state index is -0.173. The highest BCUT2D eigenvalue weighted by Gasteiger charge is 2.18. The van der Waals surface area contributed by atoms with Gasteiger partial charge in [-0.1, -0.05) is 13.8 Å². The number of nitrogens with zero attached hydrogens (tertiary/aromatic N) is 3. The summed E-state index contributed by atoms with van der Waals surface area (Å²) >= 11 is 0. The Kier molecular flexibility index (Phi) is 7.40. The number of aryl methyl sites for hydroxylation is 2. The molecule has 0 aliphatic carbocycles. The number of amides is 1. The van der Waals surface area contributed by atoms with E-state index in [1.807, 2.05) is 54.9 Å². The van der Waals surface area contributed by atoms with E-state index in [1.165, 1.54) is 0 Å². The third kappa shape index (κ3) is 5.99. The summed E-state index contributed by atoms with van der Waals surface area (Å²) in [5, 5.41) is 6.40. The normalized spacial score (nSPS) is 15.2.